The highest BCUT2D eigenvalue weighted by atomic mass is 32.2. The van der Waals surface area contributed by atoms with Crippen molar-refractivity contribution in [2.45, 2.75) is 31.3 Å². The van der Waals surface area contributed by atoms with Gasteiger partial charge < -0.3 is 9.15 Å². The van der Waals surface area contributed by atoms with Crippen molar-refractivity contribution in [3.05, 3.63) is 35.7 Å². The minimum atomic E-state index is -0.208. The molecule has 1 aromatic carbocycles. The number of thioether (sulfide) groups is 1. The molecule has 1 unspecified atom stereocenters. The first-order valence-electron chi connectivity index (χ1n) is 6.66. The monoisotopic (exact) mass is 306 g/mol. The van der Waals surface area contributed by atoms with Gasteiger partial charge in [-0.1, -0.05) is 24.6 Å². The van der Waals surface area contributed by atoms with E-state index in [4.69, 9.17) is 4.42 Å². The molecule has 2 rings (SSSR count). The molecule has 0 fully saturated rings. The molecule has 5 nitrogen and oxygen atoms in total. The lowest BCUT2D eigenvalue weighted by atomic mass is 10.1. The highest BCUT2D eigenvalue weighted by molar-refractivity contribution is 7.99. The fraction of sp³-hybridized carbons (Fsp3) is 0.400. The van der Waals surface area contributed by atoms with Gasteiger partial charge in [0.2, 0.25) is 11.8 Å². The number of benzene rings is 1. The van der Waals surface area contributed by atoms with Crippen LogP contribution in [0.15, 0.2) is 28.7 Å². The first-order chi connectivity index (χ1) is 10.1. The molecule has 0 saturated heterocycles. The number of methoxy groups -OCH3 is 1. The Labute approximate surface area is 128 Å². The number of carbonyl (C=O) groups excluding carboxylic acids is 1. The van der Waals surface area contributed by atoms with Gasteiger partial charge in [0.1, 0.15) is 0 Å². The number of esters is 1. The van der Waals surface area contributed by atoms with Gasteiger partial charge in [0, 0.05) is 10.8 Å². The number of hydrogen-bond donors (Lipinski definition) is 0. The fourth-order valence-electron chi connectivity index (χ4n) is 1.72. The molecule has 0 spiro atoms. The summed E-state index contributed by atoms with van der Waals surface area (Å²) in [5.41, 5.74) is 2.10. The zero-order valence-electron chi connectivity index (χ0n) is 12.3. The molecule has 21 heavy (non-hydrogen) atoms. The van der Waals surface area contributed by atoms with Gasteiger partial charge in [-0.15, -0.1) is 22.0 Å². The third-order valence-corrected chi connectivity index (χ3v) is 4.09. The highest BCUT2D eigenvalue weighted by Gasteiger charge is 2.13. The molecule has 1 aromatic heterocycles. The van der Waals surface area contributed by atoms with Crippen molar-refractivity contribution >= 4 is 17.7 Å². The summed E-state index contributed by atoms with van der Waals surface area (Å²) in [5.74, 6) is 1.45. The van der Waals surface area contributed by atoms with Gasteiger partial charge in [-0.2, -0.15) is 0 Å². The molecule has 0 aliphatic rings. The van der Waals surface area contributed by atoms with Gasteiger partial charge in [-0.3, -0.25) is 4.79 Å². The van der Waals surface area contributed by atoms with E-state index in [0.29, 0.717) is 24.0 Å². The van der Waals surface area contributed by atoms with E-state index in [2.05, 4.69) is 14.9 Å². The van der Waals surface area contributed by atoms with E-state index in [-0.39, 0.29) is 11.2 Å². The van der Waals surface area contributed by atoms with E-state index in [1.54, 1.807) is 11.8 Å². The summed E-state index contributed by atoms with van der Waals surface area (Å²) in [6.45, 7) is 4.00. The molecule has 112 valence electrons. The number of hydrogen-bond acceptors (Lipinski definition) is 6. The minimum absolute atomic E-state index is 0.146. The van der Waals surface area contributed by atoms with Gasteiger partial charge in [0.15, 0.2) is 0 Å². The second-order valence-electron chi connectivity index (χ2n) is 4.77. The molecule has 6 heteroatoms. The van der Waals surface area contributed by atoms with Crippen molar-refractivity contribution in [3.8, 4) is 11.5 Å². The molecule has 2 aromatic rings. The number of rotatable bonds is 6. The van der Waals surface area contributed by atoms with Crippen LogP contribution in [0.3, 0.4) is 0 Å². The average Bonchev–Trinajstić information content (AvgIpc) is 2.94. The van der Waals surface area contributed by atoms with Crippen LogP contribution in [0.1, 0.15) is 24.8 Å². The van der Waals surface area contributed by atoms with Crippen LogP contribution in [-0.2, 0) is 15.3 Å². The van der Waals surface area contributed by atoms with Crippen molar-refractivity contribution in [2.75, 3.05) is 7.11 Å². The number of carbonyl (C=O) groups is 1. The predicted octanol–water partition coefficient (Wildman–Crippen LogP) is 3.23. The predicted molar refractivity (Wildman–Crippen MR) is 81.9 cm³/mol. The molecule has 0 radical (unpaired) electrons. The Morgan fingerprint density at radius 2 is 2.05 bits per heavy atom. The van der Waals surface area contributed by atoms with E-state index in [0.717, 1.165) is 5.56 Å². The molecule has 0 aliphatic carbocycles. The number of aryl methyl sites for hydroxylation is 1. The van der Waals surface area contributed by atoms with Crippen molar-refractivity contribution in [1.29, 1.82) is 0 Å². The molecular formula is C15H18N2O3S. The van der Waals surface area contributed by atoms with E-state index < -0.39 is 0 Å². The molecule has 0 amide bonds. The van der Waals surface area contributed by atoms with E-state index >= 15 is 0 Å². The molecular weight excluding hydrogens is 288 g/mol. The Hall–Kier alpha value is -1.82. The Morgan fingerprint density at radius 1 is 1.33 bits per heavy atom. The molecule has 1 heterocycles. The largest absolute Gasteiger partial charge is 0.469 e. The second-order valence-corrected chi connectivity index (χ2v) is 6.20. The smallest absolute Gasteiger partial charge is 0.306 e. The maximum atomic E-state index is 11.2. The van der Waals surface area contributed by atoms with Crippen LogP contribution in [0.25, 0.3) is 11.5 Å². The minimum Gasteiger partial charge on any atom is -0.469 e. The maximum Gasteiger partial charge on any atom is 0.306 e. The van der Waals surface area contributed by atoms with Crippen LogP contribution in [0, 0.1) is 6.92 Å². The zero-order valence-corrected chi connectivity index (χ0v) is 13.1. The van der Waals surface area contributed by atoms with Crippen LogP contribution in [0.2, 0.25) is 0 Å². The SMILES string of the molecule is COC(=O)CC(C)SCc1nnc(-c2ccc(C)cc2)o1. The maximum absolute atomic E-state index is 11.2. The summed E-state index contributed by atoms with van der Waals surface area (Å²) in [6, 6.07) is 7.93. The molecule has 0 bridgehead atoms. The van der Waals surface area contributed by atoms with Crippen molar-refractivity contribution < 1.29 is 13.9 Å². The molecule has 1 atom stereocenters. The lowest BCUT2D eigenvalue weighted by molar-refractivity contribution is -0.140. The normalized spacial score (nSPS) is 12.1. The fourth-order valence-corrected chi connectivity index (χ4v) is 2.51. The van der Waals surface area contributed by atoms with Crippen LogP contribution < -0.4 is 0 Å². The Bertz CT molecular complexity index is 595. The zero-order chi connectivity index (χ0) is 15.2. The number of nitrogens with zero attached hydrogens (tertiary/aromatic N) is 2. The quantitative estimate of drug-likeness (QED) is 0.763. The molecule has 0 saturated carbocycles. The summed E-state index contributed by atoms with van der Waals surface area (Å²) >= 11 is 1.59. The Balaban J connectivity index is 1.91. The van der Waals surface area contributed by atoms with Crippen LogP contribution in [0.4, 0.5) is 0 Å². The van der Waals surface area contributed by atoms with Crippen molar-refractivity contribution in [2.24, 2.45) is 0 Å². The number of aromatic nitrogens is 2. The standard InChI is InChI=1S/C15H18N2O3S/c1-10-4-6-12(7-5-10)15-17-16-13(20-15)9-21-11(2)8-14(18)19-3/h4-7,11H,8-9H2,1-3H3. The van der Waals surface area contributed by atoms with Crippen molar-refractivity contribution in [1.82, 2.24) is 10.2 Å². The van der Waals surface area contributed by atoms with Crippen molar-refractivity contribution in [3.63, 3.8) is 0 Å². The summed E-state index contributed by atoms with van der Waals surface area (Å²) in [6.07, 6.45) is 0.375. The molecule has 0 aliphatic heterocycles. The highest BCUT2D eigenvalue weighted by Crippen LogP contribution is 2.23. The summed E-state index contributed by atoms with van der Waals surface area (Å²) in [5, 5.41) is 8.23. The van der Waals surface area contributed by atoms with Gasteiger partial charge in [0.25, 0.3) is 0 Å². The third-order valence-electron chi connectivity index (χ3n) is 2.94. The molecule has 0 N–H and O–H groups in total. The average molecular weight is 306 g/mol. The van der Waals surface area contributed by atoms with Crippen LogP contribution in [0.5, 0.6) is 0 Å². The summed E-state index contributed by atoms with van der Waals surface area (Å²) in [4.78, 5) is 11.2. The third kappa shape index (κ3) is 4.60. The van der Waals surface area contributed by atoms with E-state index in [9.17, 15) is 4.79 Å². The second kappa shape index (κ2) is 7.26. The van der Waals surface area contributed by atoms with Crippen LogP contribution in [-0.4, -0.2) is 28.5 Å². The summed E-state index contributed by atoms with van der Waals surface area (Å²) in [7, 11) is 1.39. The lowest BCUT2D eigenvalue weighted by Crippen LogP contribution is -2.08. The lowest BCUT2D eigenvalue weighted by Gasteiger charge is -2.07. The topological polar surface area (TPSA) is 65.2 Å². The first kappa shape index (κ1) is 15.6. The number of ether oxygens (including phenoxy) is 1. The van der Waals surface area contributed by atoms with Gasteiger partial charge in [0.05, 0.1) is 19.3 Å². The van der Waals surface area contributed by atoms with E-state index in [1.165, 1.54) is 12.7 Å². The first-order valence-corrected chi connectivity index (χ1v) is 7.71. The summed E-state index contributed by atoms with van der Waals surface area (Å²) < 4.78 is 10.3. The van der Waals surface area contributed by atoms with E-state index in [1.807, 2.05) is 38.1 Å². The van der Waals surface area contributed by atoms with Gasteiger partial charge in [-0.05, 0) is 19.1 Å². The Morgan fingerprint density at radius 3 is 2.71 bits per heavy atom. The van der Waals surface area contributed by atoms with Gasteiger partial charge in [-0.25, -0.2) is 0 Å². The van der Waals surface area contributed by atoms with Gasteiger partial charge >= 0.3 is 5.97 Å². The Kier molecular flexibility index (Phi) is 5.38. The van der Waals surface area contributed by atoms with Crippen LogP contribution >= 0.6 is 11.8 Å².